The van der Waals surface area contributed by atoms with E-state index < -0.39 is 15.8 Å². The molecule has 1 aromatic rings. The van der Waals surface area contributed by atoms with Crippen LogP contribution in [0.4, 0.5) is 10.1 Å². The summed E-state index contributed by atoms with van der Waals surface area (Å²) in [6, 6.07) is 1.99. The number of benzene rings is 1. The lowest BCUT2D eigenvalue weighted by molar-refractivity contribution is 0.381. The Bertz CT molecular complexity index is 561. The summed E-state index contributed by atoms with van der Waals surface area (Å²) < 4.78 is 39.4. The van der Waals surface area contributed by atoms with Gasteiger partial charge in [0.2, 0.25) is 10.0 Å². The molecule has 0 aliphatic carbocycles. The van der Waals surface area contributed by atoms with Gasteiger partial charge in [0.05, 0.1) is 10.7 Å². The molecule has 1 aromatic carbocycles. The molecule has 0 bridgehead atoms. The van der Waals surface area contributed by atoms with Crippen LogP contribution in [0.5, 0.6) is 0 Å². The molecule has 2 N–H and O–H groups in total. The standard InChI is InChI=1S/C12H18ClFN2O2S/c1-4-16(7-8(2)3)19(17,18)12-6-11(15)10(14)5-9(12)13/h5-6,8H,4,7,15H2,1-3H3. The third kappa shape index (κ3) is 3.58. The molecule has 0 spiro atoms. The number of sulfonamides is 1. The van der Waals surface area contributed by atoms with Crippen LogP contribution in [0.25, 0.3) is 0 Å². The van der Waals surface area contributed by atoms with E-state index in [-0.39, 0.29) is 21.5 Å². The molecule has 0 aliphatic rings. The zero-order valence-electron chi connectivity index (χ0n) is 11.2. The Morgan fingerprint density at radius 3 is 2.47 bits per heavy atom. The maximum Gasteiger partial charge on any atom is 0.244 e. The maximum atomic E-state index is 13.2. The van der Waals surface area contributed by atoms with Crippen LogP contribution in [0.3, 0.4) is 0 Å². The maximum absolute atomic E-state index is 13.2. The quantitative estimate of drug-likeness (QED) is 0.851. The minimum atomic E-state index is -3.76. The molecule has 0 heterocycles. The molecular weight excluding hydrogens is 291 g/mol. The van der Waals surface area contributed by atoms with Crippen molar-refractivity contribution in [3.8, 4) is 0 Å². The molecule has 0 unspecified atom stereocenters. The van der Waals surface area contributed by atoms with Gasteiger partial charge in [-0.15, -0.1) is 0 Å². The number of hydrogen-bond donors (Lipinski definition) is 1. The van der Waals surface area contributed by atoms with Crippen LogP contribution in [0, 0.1) is 11.7 Å². The highest BCUT2D eigenvalue weighted by Crippen LogP contribution is 2.29. The summed E-state index contributed by atoms with van der Waals surface area (Å²) in [5.41, 5.74) is 5.18. The number of halogens is 2. The van der Waals surface area contributed by atoms with Gasteiger partial charge in [-0.2, -0.15) is 4.31 Å². The van der Waals surface area contributed by atoms with Gasteiger partial charge in [-0.05, 0) is 18.1 Å². The first-order chi connectivity index (χ1) is 8.70. The van der Waals surface area contributed by atoms with Gasteiger partial charge in [0.1, 0.15) is 10.7 Å². The number of hydrogen-bond acceptors (Lipinski definition) is 3. The van der Waals surface area contributed by atoms with Gasteiger partial charge in [0.25, 0.3) is 0 Å². The second kappa shape index (κ2) is 6.07. The van der Waals surface area contributed by atoms with Crippen molar-refractivity contribution in [1.82, 2.24) is 4.31 Å². The fraction of sp³-hybridized carbons (Fsp3) is 0.500. The van der Waals surface area contributed by atoms with E-state index in [1.807, 2.05) is 13.8 Å². The largest absolute Gasteiger partial charge is 0.396 e. The van der Waals surface area contributed by atoms with E-state index in [1.54, 1.807) is 6.92 Å². The first-order valence-electron chi connectivity index (χ1n) is 5.94. The van der Waals surface area contributed by atoms with E-state index in [0.717, 1.165) is 12.1 Å². The molecule has 0 saturated carbocycles. The van der Waals surface area contributed by atoms with Gasteiger partial charge in [0, 0.05) is 13.1 Å². The lowest BCUT2D eigenvalue weighted by Gasteiger charge is -2.23. The first kappa shape index (κ1) is 16.2. The highest BCUT2D eigenvalue weighted by atomic mass is 35.5. The Morgan fingerprint density at radius 2 is 2.00 bits per heavy atom. The van der Waals surface area contributed by atoms with Gasteiger partial charge < -0.3 is 5.73 Å². The molecule has 0 amide bonds. The lowest BCUT2D eigenvalue weighted by Crippen LogP contribution is -2.34. The van der Waals surface area contributed by atoms with Crippen molar-refractivity contribution in [3.63, 3.8) is 0 Å². The Morgan fingerprint density at radius 1 is 1.42 bits per heavy atom. The molecular formula is C12H18ClFN2O2S. The highest BCUT2D eigenvalue weighted by molar-refractivity contribution is 7.89. The molecule has 7 heteroatoms. The predicted octanol–water partition coefficient (Wildman–Crippen LogP) is 2.73. The molecule has 0 fully saturated rings. The summed E-state index contributed by atoms with van der Waals surface area (Å²) in [7, 11) is -3.76. The van der Waals surface area contributed by atoms with Crippen LogP contribution in [-0.4, -0.2) is 25.8 Å². The number of nitrogen functional groups attached to an aromatic ring is 1. The van der Waals surface area contributed by atoms with Crippen LogP contribution in [0.15, 0.2) is 17.0 Å². The minimum absolute atomic E-state index is 0.157. The summed E-state index contributed by atoms with van der Waals surface area (Å²) in [6.45, 7) is 6.25. The zero-order valence-corrected chi connectivity index (χ0v) is 12.7. The molecule has 0 aliphatic heterocycles. The Hall–Kier alpha value is -0.850. The van der Waals surface area contributed by atoms with E-state index in [1.165, 1.54) is 4.31 Å². The third-order valence-electron chi connectivity index (χ3n) is 2.59. The van der Waals surface area contributed by atoms with E-state index >= 15 is 0 Å². The molecule has 0 saturated heterocycles. The normalized spacial score (nSPS) is 12.4. The summed E-state index contributed by atoms with van der Waals surface area (Å²) in [5.74, 6) is -0.554. The summed E-state index contributed by atoms with van der Waals surface area (Å²) >= 11 is 5.82. The van der Waals surface area contributed by atoms with E-state index in [9.17, 15) is 12.8 Å². The molecule has 0 aromatic heterocycles. The number of rotatable bonds is 5. The summed E-state index contributed by atoms with van der Waals surface area (Å²) in [4.78, 5) is -0.157. The molecule has 108 valence electrons. The van der Waals surface area contributed by atoms with E-state index in [4.69, 9.17) is 17.3 Å². The second-order valence-corrected chi connectivity index (χ2v) is 6.97. The zero-order chi connectivity index (χ0) is 14.8. The van der Waals surface area contributed by atoms with Crippen molar-refractivity contribution in [3.05, 3.63) is 23.0 Å². The van der Waals surface area contributed by atoms with E-state index in [2.05, 4.69) is 0 Å². The fourth-order valence-electron chi connectivity index (χ4n) is 1.69. The molecule has 0 atom stereocenters. The summed E-state index contributed by atoms with van der Waals surface area (Å²) in [6.07, 6.45) is 0. The van der Waals surface area contributed by atoms with Gasteiger partial charge in [-0.1, -0.05) is 32.4 Å². The molecule has 1 rings (SSSR count). The summed E-state index contributed by atoms with van der Waals surface area (Å²) in [5, 5.41) is -0.158. The van der Waals surface area contributed by atoms with Crippen molar-refractivity contribution in [2.75, 3.05) is 18.8 Å². The fourth-order valence-corrected chi connectivity index (χ4v) is 3.82. The smallest absolute Gasteiger partial charge is 0.244 e. The van der Waals surface area contributed by atoms with Crippen LogP contribution in [-0.2, 0) is 10.0 Å². The van der Waals surface area contributed by atoms with Gasteiger partial charge in [0.15, 0.2) is 0 Å². The third-order valence-corrected chi connectivity index (χ3v) is 5.00. The average Bonchev–Trinajstić information content (AvgIpc) is 2.30. The Balaban J connectivity index is 3.30. The van der Waals surface area contributed by atoms with Crippen molar-refractivity contribution < 1.29 is 12.8 Å². The second-order valence-electron chi connectivity index (χ2n) is 4.65. The Kier molecular flexibility index (Phi) is 5.18. The van der Waals surface area contributed by atoms with Crippen LogP contribution < -0.4 is 5.73 Å². The molecule has 0 radical (unpaired) electrons. The van der Waals surface area contributed by atoms with Crippen LogP contribution in [0.1, 0.15) is 20.8 Å². The van der Waals surface area contributed by atoms with Crippen molar-refractivity contribution in [1.29, 1.82) is 0 Å². The monoisotopic (exact) mass is 308 g/mol. The average molecular weight is 309 g/mol. The predicted molar refractivity (Wildman–Crippen MR) is 75.1 cm³/mol. The van der Waals surface area contributed by atoms with Crippen molar-refractivity contribution >= 4 is 27.3 Å². The van der Waals surface area contributed by atoms with Gasteiger partial charge in [-0.3, -0.25) is 0 Å². The first-order valence-corrected chi connectivity index (χ1v) is 7.76. The number of nitrogens with zero attached hydrogens (tertiary/aromatic N) is 1. The van der Waals surface area contributed by atoms with Gasteiger partial charge >= 0.3 is 0 Å². The minimum Gasteiger partial charge on any atom is -0.396 e. The van der Waals surface area contributed by atoms with E-state index in [0.29, 0.717) is 13.1 Å². The van der Waals surface area contributed by atoms with Crippen LogP contribution in [0.2, 0.25) is 5.02 Å². The highest BCUT2D eigenvalue weighted by Gasteiger charge is 2.27. The topological polar surface area (TPSA) is 63.4 Å². The van der Waals surface area contributed by atoms with Crippen molar-refractivity contribution in [2.24, 2.45) is 5.92 Å². The molecule has 4 nitrogen and oxygen atoms in total. The number of nitrogens with two attached hydrogens (primary N) is 1. The Labute approximate surface area is 118 Å². The molecule has 19 heavy (non-hydrogen) atoms. The lowest BCUT2D eigenvalue weighted by atomic mass is 10.2. The van der Waals surface area contributed by atoms with Crippen LogP contribution >= 0.6 is 11.6 Å². The van der Waals surface area contributed by atoms with Gasteiger partial charge in [-0.25, -0.2) is 12.8 Å². The number of anilines is 1. The van der Waals surface area contributed by atoms with Crippen molar-refractivity contribution in [2.45, 2.75) is 25.7 Å². The SMILES string of the molecule is CCN(CC(C)C)S(=O)(=O)c1cc(N)c(F)cc1Cl.